The molecule has 124 valence electrons. The van der Waals surface area contributed by atoms with Crippen LogP contribution in [-0.2, 0) is 0 Å². The van der Waals surface area contributed by atoms with Crippen LogP contribution in [0.25, 0.3) is 11.0 Å². The third kappa shape index (κ3) is 2.84. The van der Waals surface area contributed by atoms with Crippen LogP contribution in [0.4, 0.5) is 10.5 Å². The van der Waals surface area contributed by atoms with Crippen LogP contribution >= 0.6 is 0 Å². The summed E-state index contributed by atoms with van der Waals surface area (Å²) in [6.07, 6.45) is 3.69. The quantitative estimate of drug-likeness (QED) is 0.677. The second-order valence-corrected chi connectivity index (χ2v) is 6.26. The minimum atomic E-state index is -0.0475. The minimum absolute atomic E-state index is 0.0475. The van der Waals surface area contributed by atoms with Gasteiger partial charge in [-0.05, 0) is 44.0 Å². The zero-order valence-corrected chi connectivity index (χ0v) is 13.5. The highest BCUT2D eigenvalue weighted by Gasteiger charge is 2.24. The molecule has 4 rings (SSSR count). The van der Waals surface area contributed by atoms with E-state index in [2.05, 4.69) is 25.5 Å². The normalized spacial score (nSPS) is 15.8. The number of H-pyrrole nitrogens is 2. The van der Waals surface area contributed by atoms with E-state index in [-0.39, 0.29) is 6.03 Å². The number of benzene rings is 1. The lowest BCUT2D eigenvalue weighted by Gasteiger charge is -2.31. The Bertz CT molecular complexity index is 845. The second-order valence-electron chi connectivity index (χ2n) is 6.26. The summed E-state index contributed by atoms with van der Waals surface area (Å²) in [6.45, 7) is 3.42. The monoisotopic (exact) mass is 324 g/mol. The Labute approximate surface area is 139 Å². The number of aromatic amines is 2. The van der Waals surface area contributed by atoms with Gasteiger partial charge in [-0.3, -0.25) is 5.10 Å². The molecule has 0 aliphatic carbocycles. The fraction of sp³-hybridized carbons (Fsp3) is 0.353. The van der Waals surface area contributed by atoms with Gasteiger partial charge >= 0.3 is 6.03 Å². The molecule has 1 aliphatic rings. The van der Waals surface area contributed by atoms with Crippen LogP contribution < -0.4 is 5.32 Å². The highest BCUT2D eigenvalue weighted by atomic mass is 16.2. The number of piperidine rings is 1. The van der Waals surface area contributed by atoms with Crippen LogP contribution in [0.3, 0.4) is 0 Å². The van der Waals surface area contributed by atoms with Crippen molar-refractivity contribution in [1.82, 2.24) is 25.1 Å². The van der Waals surface area contributed by atoms with Gasteiger partial charge in [-0.2, -0.15) is 5.10 Å². The molecule has 0 radical (unpaired) electrons. The van der Waals surface area contributed by atoms with E-state index in [1.165, 1.54) is 0 Å². The van der Waals surface area contributed by atoms with Crippen molar-refractivity contribution in [2.45, 2.75) is 25.7 Å². The first-order chi connectivity index (χ1) is 11.7. The van der Waals surface area contributed by atoms with Gasteiger partial charge in [0.25, 0.3) is 0 Å². The number of carbonyl (C=O) groups is 1. The zero-order chi connectivity index (χ0) is 16.5. The van der Waals surface area contributed by atoms with Crippen LogP contribution in [0.1, 0.15) is 30.3 Å². The third-order valence-corrected chi connectivity index (χ3v) is 4.60. The van der Waals surface area contributed by atoms with Crippen LogP contribution in [0.15, 0.2) is 30.5 Å². The molecule has 0 saturated carbocycles. The van der Waals surface area contributed by atoms with Crippen molar-refractivity contribution in [1.29, 1.82) is 0 Å². The molecule has 3 N–H and O–H groups in total. The van der Waals surface area contributed by atoms with Gasteiger partial charge in [-0.25, -0.2) is 9.78 Å². The molecule has 1 fully saturated rings. The number of urea groups is 1. The third-order valence-electron chi connectivity index (χ3n) is 4.60. The van der Waals surface area contributed by atoms with Crippen LogP contribution in [-0.4, -0.2) is 44.2 Å². The Morgan fingerprint density at radius 1 is 1.29 bits per heavy atom. The number of aromatic nitrogens is 4. The van der Waals surface area contributed by atoms with E-state index in [1.807, 2.05) is 36.1 Å². The molecule has 0 spiro atoms. The summed E-state index contributed by atoms with van der Waals surface area (Å²) in [4.78, 5) is 21.9. The Hall–Kier alpha value is -2.83. The number of imidazole rings is 1. The zero-order valence-electron chi connectivity index (χ0n) is 13.5. The van der Waals surface area contributed by atoms with Crippen molar-refractivity contribution in [2.75, 3.05) is 18.4 Å². The molecule has 3 heterocycles. The van der Waals surface area contributed by atoms with Gasteiger partial charge in [0.1, 0.15) is 5.82 Å². The smallest absolute Gasteiger partial charge is 0.321 e. The average Bonchev–Trinajstić information content (AvgIpc) is 3.23. The molecule has 7 heteroatoms. The van der Waals surface area contributed by atoms with Crippen molar-refractivity contribution in [2.24, 2.45) is 0 Å². The maximum atomic E-state index is 12.5. The number of aryl methyl sites for hydroxylation is 1. The molecule has 0 atom stereocenters. The topological polar surface area (TPSA) is 89.7 Å². The molecule has 2 aromatic heterocycles. The summed E-state index contributed by atoms with van der Waals surface area (Å²) >= 11 is 0. The van der Waals surface area contributed by atoms with Crippen molar-refractivity contribution in [3.05, 3.63) is 42.0 Å². The van der Waals surface area contributed by atoms with Crippen molar-refractivity contribution in [3.63, 3.8) is 0 Å². The summed E-state index contributed by atoms with van der Waals surface area (Å²) in [7, 11) is 0. The van der Waals surface area contributed by atoms with E-state index in [9.17, 15) is 4.79 Å². The lowest BCUT2D eigenvalue weighted by atomic mass is 9.94. The molecular weight excluding hydrogens is 304 g/mol. The SMILES string of the molecule is Cc1nc2ccc(NC(=O)N3CCC(c4ccn[nH]4)CC3)cc2[nH]1. The van der Waals surface area contributed by atoms with E-state index < -0.39 is 0 Å². The highest BCUT2D eigenvalue weighted by Crippen LogP contribution is 2.26. The standard InChI is InChI=1S/C17H20N6O/c1-11-19-15-3-2-13(10-16(15)20-11)21-17(24)23-8-5-12(6-9-23)14-4-7-18-22-14/h2-4,7,10,12H,5-6,8-9H2,1H3,(H,18,22)(H,19,20)(H,21,24). The first-order valence-corrected chi connectivity index (χ1v) is 8.20. The van der Waals surface area contributed by atoms with E-state index in [1.54, 1.807) is 6.20 Å². The fourth-order valence-corrected chi connectivity index (χ4v) is 3.31. The van der Waals surface area contributed by atoms with E-state index in [0.29, 0.717) is 5.92 Å². The minimum Gasteiger partial charge on any atom is -0.342 e. The van der Waals surface area contributed by atoms with Crippen LogP contribution in [0, 0.1) is 6.92 Å². The van der Waals surface area contributed by atoms with Crippen LogP contribution in [0.2, 0.25) is 0 Å². The Kier molecular flexibility index (Phi) is 3.68. The summed E-state index contributed by atoms with van der Waals surface area (Å²) in [5.74, 6) is 1.33. The Morgan fingerprint density at radius 2 is 2.12 bits per heavy atom. The number of amides is 2. The highest BCUT2D eigenvalue weighted by molar-refractivity contribution is 5.92. The molecule has 0 bridgehead atoms. The van der Waals surface area contributed by atoms with Gasteiger partial charge in [0.05, 0.1) is 11.0 Å². The summed E-state index contributed by atoms with van der Waals surface area (Å²) in [5.41, 5.74) is 3.79. The predicted molar refractivity (Wildman–Crippen MR) is 92.0 cm³/mol. The van der Waals surface area contributed by atoms with Gasteiger partial charge in [0.2, 0.25) is 0 Å². The van der Waals surface area contributed by atoms with Crippen LogP contribution in [0.5, 0.6) is 0 Å². The lowest BCUT2D eigenvalue weighted by molar-refractivity contribution is 0.194. The first kappa shape index (κ1) is 14.7. The number of hydrogen-bond donors (Lipinski definition) is 3. The number of rotatable bonds is 2. The van der Waals surface area contributed by atoms with E-state index in [4.69, 9.17) is 0 Å². The van der Waals surface area contributed by atoms with E-state index in [0.717, 1.165) is 54.2 Å². The number of anilines is 1. The molecule has 2 amide bonds. The second kappa shape index (κ2) is 5.99. The maximum Gasteiger partial charge on any atom is 0.321 e. The number of carbonyl (C=O) groups excluding carboxylic acids is 1. The van der Waals surface area contributed by atoms with Gasteiger partial charge in [0.15, 0.2) is 0 Å². The Morgan fingerprint density at radius 3 is 2.88 bits per heavy atom. The van der Waals surface area contributed by atoms with Gasteiger partial charge in [0, 0.05) is 36.6 Å². The fourth-order valence-electron chi connectivity index (χ4n) is 3.31. The molecule has 1 aliphatic heterocycles. The molecule has 0 unspecified atom stereocenters. The number of nitrogens with zero attached hydrogens (tertiary/aromatic N) is 3. The molecule has 1 aromatic carbocycles. The summed E-state index contributed by atoms with van der Waals surface area (Å²) in [5, 5.41) is 10.0. The molecule has 3 aromatic rings. The Balaban J connectivity index is 1.39. The largest absolute Gasteiger partial charge is 0.342 e. The number of hydrogen-bond acceptors (Lipinski definition) is 3. The van der Waals surface area contributed by atoms with E-state index >= 15 is 0 Å². The lowest BCUT2D eigenvalue weighted by Crippen LogP contribution is -2.40. The molecule has 7 nitrogen and oxygen atoms in total. The maximum absolute atomic E-state index is 12.5. The van der Waals surface area contributed by atoms with Gasteiger partial charge in [-0.15, -0.1) is 0 Å². The number of fused-ring (bicyclic) bond motifs is 1. The summed E-state index contributed by atoms with van der Waals surface area (Å²) in [6, 6.07) is 7.69. The van der Waals surface area contributed by atoms with Gasteiger partial charge < -0.3 is 15.2 Å². The molecule has 1 saturated heterocycles. The molecular formula is C17H20N6O. The number of likely N-dealkylation sites (tertiary alicyclic amines) is 1. The molecule has 24 heavy (non-hydrogen) atoms. The predicted octanol–water partition coefficient (Wildman–Crippen LogP) is 3.01. The van der Waals surface area contributed by atoms with Crippen molar-refractivity contribution in [3.8, 4) is 0 Å². The summed E-state index contributed by atoms with van der Waals surface area (Å²) < 4.78 is 0. The van der Waals surface area contributed by atoms with Gasteiger partial charge in [-0.1, -0.05) is 0 Å². The van der Waals surface area contributed by atoms with Crippen molar-refractivity contribution >= 4 is 22.8 Å². The van der Waals surface area contributed by atoms with Crippen molar-refractivity contribution < 1.29 is 4.79 Å². The number of nitrogens with one attached hydrogen (secondary N) is 3. The first-order valence-electron chi connectivity index (χ1n) is 8.20. The average molecular weight is 324 g/mol.